The van der Waals surface area contributed by atoms with Crippen LogP contribution < -0.4 is 5.32 Å². The second kappa shape index (κ2) is 5.28. The van der Waals surface area contributed by atoms with Crippen LogP contribution in [0.15, 0.2) is 24.3 Å². The van der Waals surface area contributed by atoms with Crippen molar-refractivity contribution >= 4 is 0 Å². The zero-order chi connectivity index (χ0) is 13.4. The smallest absolute Gasteiger partial charge is 0.0138 e. The van der Waals surface area contributed by atoms with E-state index in [0.717, 1.165) is 17.8 Å². The van der Waals surface area contributed by atoms with Gasteiger partial charge in [-0.05, 0) is 61.1 Å². The van der Waals surface area contributed by atoms with E-state index in [1.807, 2.05) is 0 Å². The van der Waals surface area contributed by atoms with Gasteiger partial charge in [-0.1, -0.05) is 44.5 Å². The predicted molar refractivity (Wildman–Crippen MR) is 81.4 cm³/mol. The molecule has 0 aliphatic heterocycles. The zero-order valence-corrected chi connectivity index (χ0v) is 12.5. The first-order valence-electron chi connectivity index (χ1n) is 7.97. The van der Waals surface area contributed by atoms with E-state index in [1.54, 1.807) is 0 Å². The summed E-state index contributed by atoms with van der Waals surface area (Å²) < 4.78 is 0. The molecule has 1 heteroatoms. The van der Waals surface area contributed by atoms with Crippen LogP contribution in [0.4, 0.5) is 0 Å². The highest BCUT2D eigenvalue weighted by molar-refractivity contribution is 5.26. The van der Waals surface area contributed by atoms with Gasteiger partial charge in [0.25, 0.3) is 0 Å². The number of likely N-dealkylation sites (N-methyl/N-ethyl adjacent to an activating group) is 1. The van der Waals surface area contributed by atoms with Crippen molar-refractivity contribution in [1.82, 2.24) is 5.32 Å². The summed E-state index contributed by atoms with van der Waals surface area (Å²) in [5.41, 5.74) is 2.95. The molecule has 19 heavy (non-hydrogen) atoms. The van der Waals surface area contributed by atoms with Gasteiger partial charge in [0.05, 0.1) is 0 Å². The normalized spacial score (nSPS) is 30.4. The Kier molecular flexibility index (Phi) is 3.66. The van der Waals surface area contributed by atoms with E-state index in [2.05, 4.69) is 50.5 Å². The topological polar surface area (TPSA) is 12.0 Å². The van der Waals surface area contributed by atoms with Crippen molar-refractivity contribution in [3.05, 3.63) is 35.4 Å². The Morgan fingerprint density at radius 1 is 1.11 bits per heavy atom. The molecule has 0 heterocycles. The van der Waals surface area contributed by atoms with Crippen LogP contribution in [-0.2, 0) is 6.42 Å². The van der Waals surface area contributed by atoms with E-state index in [4.69, 9.17) is 0 Å². The fraction of sp³-hybridized carbons (Fsp3) is 0.667. The Morgan fingerprint density at radius 2 is 1.74 bits per heavy atom. The van der Waals surface area contributed by atoms with Crippen LogP contribution in [0.5, 0.6) is 0 Å². The average molecular weight is 257 g/mol. The maximum Gasteiger partial charge on any atom is 0.0138 e. The second-order valence-corrected chi connectivity index (χ2v) is 6.83. The first-order chi connectivity index (χ1) is 9.20. The van der Waals surface area contributed by atoms with Crippen LogP contribution in [0, 0.1) is 17.8 Å². The van der Waals surface area contributed by atoms with Crippen molar-refractivity contribution in [3.8, 4) is 0 Å². The fourth-order valence-electron chi connectivity index (χ4n) is 4.20. The van der Waals surface area contributed by atoms with Crippen molar-refractivity contribution in [2.45, 2.75) is 51.5 Å². The van der Waals surface area contributed by atoms with Gasteiger partial charge in [0.1, 0.15) is 0 Å². The number of nitrogens with one attached hydrogen (secondary N) is 1. The molecule has 1 aromatic rings. The lowest BCUT2D eigenvalue weighted by molar-refractivity contribution is 0.428. The largest absolute Gasteiger partial charge is 0.316 e. The lowest BCUT2D eigenvalue weighted by atomic mass is 9.95. The summed E-state index contributed by atoms with van der Waals surface area (Å²) in [7, 11) is 2.14. The van der Waals surface area contributed by atoms with Crippen LogP contribution in [0.25, 0.3) is 0 Å². The van der Waals surface area contributed by atoms with Crippen molar-refractivity contribution in [3.63, 3.8) is 0 Å². The van der Waals surface area contributed by atoms with Gasteiger partial charge in [0.2, 0.25) is 0 Å². The summed E-state index contributed by atoms with van der Waals surface area (Å²) in [6.07, 6.45) is 5.65. The molecule has 2 aliphatic carbocycles. The van der Waals surface area contributed by atoms with Gasteiger partial charge in [0, 0.05) is 6.04 Å². The molecule has 1 aromatic carbocycles. The second-order valence-electron chi connectivity index (χ2n) is 6.83. The molecule has 0 aromatic heterocycles. The molecule has 0 amide bonds. The SMILES string of the molecule is CNC(Cc1ccc(C(C)C)cc1)C1C2CCCC21. The van der Waals surface area contributed by atoms with Crippen molar-refractivity contribution < 1.29 is 0 Å². The summed E-state index contributed by atoms with van der Waals surface area (Å²) in [5, 5.41) is 3.58. The van der Waals surface area contributed by atoms with E-state index in [1.165, 1.54) is 36.8 Å². The quantitative estimate of drug-likeness (QED) is 0.841. The monoisotopic (exact) mass is 257 g/mol. The van der Waals surface area contributed by atoms with Gasteiger partial charge in [0.15, 0.2) is 0 Å². The highest BCUT2D eigenvalue weighted by Gasteiger charge is 2.55. The maximum absolute atomic E-state index is 3.58. The minimum absolute atomic E-state index is 0.636. The van der Waals surface area contributed by atoms with E-state index >= 15 is 0 Å². The predicted octanol–water partition coefficient (Wildman–Crippen LogP) is 3.99. The van der Waals surface area contributed by atoms with E-state index in [0.29, 0.717) is 12.0 Å². The highest BCUT2D eigenvalue weighted by Crippen LogP contribution is 2.59. The molecule has 3 rings (SSSR count). The number of fused-ring (bicyclic) bond motifs is 1. The van der Waals surface area contributed by atoms with Crippen LogP contribution in [-0.4, -0.2) is 13.1 Å². The standard InChI is InChI=1S/C18H27N/c1-12(2)14-9-7-13(8-10-14)11-17(19-3)18-15-5-4-6-16(15)18/h7-10,12,15-19H,4-6,11H2,1-3H3. The van der Waals surface area contributed by atoms with Gasteiger partial charge in [-0.25, -0.2) is 0 Å². The number of hydrogen-bond donors (Lipinski definition) is 1. The third kappa shape index (κ3) is 2.58. The summed E-state index contributed by atoms with van der Waals surface area (Å²) in [6, 6.07) is 9.97. The molecular formula is C18H27N. The molecule has 0 bridgehead atoms. The van der Waals surface area contributed by atoms with Gasteiger partial charge in [-0.2, -0.15) is 0 Å². The Balaban J connectivity index is 1.63. The van der Waals surface area contributed by atoms with Crippen molar-refractivity contribution in [2.24, 2.45) is 17.8 Å². The lowest BCUT2D eigenvalue weighted by Gasteiger charge is -2.18. The molecule has 0 spiro atoms. The highest BCUT2D eigenvalue weighted by atomic mass is 14.9. The van der Waals surface area contributed by atoms with E-state index < -0.39 is 0 Å². The van der Waals surface area contributed by atoms with Crippen molar-refractivity contribution in [2.75, 3.05) is 7.05 Å². The van der Waals surface area contributed by atoms with E-state index in [-0.39, 0.29) is 0 Å². The third-order valence-electron chi connectivity index (χ3n) is 5.41. The molecule has 2 fully saturated rings. The minimum atomic E-state index is 0.636. The zero-order valence-electron chi connectivity index (χ0n) is 12.5. The Bertz CT molecular complexity index is 410. The average Bonchev–Trinajstić information content (AvgIpc) is 2.89. The Hall–Kier alpha value is -0.820. The molecule has 3 atom stereocenters. The summed E-state index contributed by atoms with van der Waals surface area (Å²) in [5.74, 6) is 3.69. The minimum Gasteiger partial charge on any atom is -0.316 e. The summed E-state index contributed by atoms with van der Waals surface area (Å²) >= 11 is 0. The molecule has 2 aliphatic rings. The Labute approximate surface area is 117 Å². The number of benzene rings is 1. The van der Waals surface area contributed by atoms with Gasteiger partial charge >= 0.3 is 0 Å². The number of hydrogen-bond acceptors (Lipinski definition) is 1. The van der Waals surface area contributed by atoms with Crippen LogP contribution in [0.2, 0.25) is 0 Å². The summed E-state index contributed by atoms with van der Waals surface area (Å²) in [6.45, 7) is 4.52. The molecule has 104 valence electrons. The van der Waals surface area contributed by atoms with E-state index in [9.17, 15) is 0 Å². The van der Waals surface area contributed by atoms with Crippen molar-refractivity contribution in [1.29, 1.82) is 0 Å². The lowest BCUT2D eigenvalue weighted by Crippen LogP contribution is -2.31. The molecular weight excluding hydrogens is 230 g/mol. The van der Waals surface area contributed by atoms with Crippen LogP contribution >= 0.6 is 0 Å². The molecule has 0 radical (unpaired) electrons. The Morgan fingerprint density at radius 3 is 2.26 bits per heavy atom. The third-order valence-corrected chi connectivity index (χ3v) is 5.41. The fourth-order valence-corrected chi connectivity index (χ4v) is 4.20. The molecule has 3 unspecified atom stereocenters. The molecule has 2 saturated carbocycles. The van der Waals surface area contributed by atoms with Crippen LogP contribution in [0.1, 0.15) is 50.2 Å². The van der Waals surface area contributed by atoms with Gasteiger partial charge in [-0.15, -0.1) is 0 Å². The van der Waals surface area contributed by atoms with Crippen LogP contribution in [0.3, 0.4) is 0 Å². The first-order valence-corrected chi connectivity index (χ1v) is 7.97. The molecule has 1 nitrogen and oxygen atoms in total. The summed E-state index contributed by atoms with van der Waals surface area (Å²) in [4.78, 5) is 0. The first kappa shape index (κ1) is 13.2. The van der Waals surface area contributed by atoms with Gasteiger partial charge < -0.3 is 5.32 Å². The number of rotatable bonds is 5. The van der Waals surface area contributed by atoms with Gasteiger partial charge in [-0.3, -0.25) is 0 Å². The molecule has 1 N–H and O–H groups in total. The maximum atomic E-state index is 3.58. The molecule has 0 saturated heterocycles.